The monoisotopic (exact) mass is 397 g/mol. The second-order valence-electron chi connectivity index (χ2n) is 4.05. The second-order valence-corrected chi connectivity index (χ2v) is 5.73. The first-order valence-electron chi connectivity index (χ1n) is 5.00. The molecule has 2 rings (SSSR count). The molecule has 1 aromatic carbocycles. The largest absolute Gasteiger partial charge is 0.207 e. The summed E-state index contributed by atoms with van der Waals surface area (Å²) in [7, 11) is 0. The lowest BCUT2D eigenvalue weighted by atomic mass is 9.87. The van der Waals surface area contributed by atoms with Gasteiger partial charge in [-0.15, -0.1) is 4.91 Å². The molecule has 2 nitrogen and oxygen atoms in total. The maximum atomic E-state index is 13.8. The molecule has 0 N–H and O–H groups in total. The number of halogens is 3. The maximum Gasteiger partial charge on any atom is 0.142 e. The summed E-state index contributed by atoms with van der Waals surface area (Å²) in [5, 5.41) is 3.25. The Balaban J connectivity index is 2.53. The van der Waals surface area contributed by atoms with Crippen LogP contribution in [0.1, 0.15) is 18.4 Å². The van der Waals surface area contributed by atoms with Gasteiger partial charge in [-0.25, -0.2) is 4.39 Å². The van der Waals surface area contributed by atoms with Crippen molar-refractivity contribution in [2.24, 2.45) is 11.1 Å². The van der Waals surface area contributed by atoms with Crippen molar-refractivity contribution in [2.75, 3.05) is 4.43 Å². The van der Waals surface area contributed by atoms with Gasteiger partial charge >= 0.3 is 0 Å². The molecule has 0 aliphatic heterocycles. The van der Waals surface area contributed by atoms with E-state index in [1.807, 2.05) is 0 Å². The summed E-state index contributed by atoms with van der Waals surface area (Å²) in [6, 6.07) is 4.69. The van der Waals surface area contributed by atoms with E-state index in [4.69, 9.17) is 0 Å². The van der Waals surface area contributed by atoms with Gasteiger partial charge in [0.15, 0.2) is 0 Å². The van der Waals surface area contributed by atoms with Crippen molar-refractivity contribution in [3.63, 3.8) is 0 Å². The van der Waals surface area contributed by atoms with E-state index in [-0.39, 0.29) is 11.7 Å². The molecule has 1 aromatic rings. The van der Waals surface area contributed by atoms with Crippen LogP contribution in [0.4, 0.5) is 4.39 Å². The molecule has 0 aromatic heterocycles. The van der Waals surface area contributed by atoms with Crippen LogP contribution in [-0.2, 0) is 5.54 Å². The molecule has 1 unspecified atom stereocenters. The van der Waals surface area contributed by atoms with E-state index < -0.39 is 5.54 Å². The Kier molecular flexibility index (Phi) is 3.63. The third-order valence-electron chi connectivity index (χ3n) is 3.01. The highest BCUT2D eigenvalue weighted by Gasteiger charge is 2.49. The first-order chi connectivity index (χ1) is 7.64. The topological polar surface area (TPSA) is 29.4 Å². The van der Waals surface area contributed by atoms with Crippen LogP contribution in [0.15, 0.2) is 27.8 Å². The van der Waals surface area contributed by atoms with Gasteiger partial charge in [-0.3, -0.25) is 0 Å². The molecule has 1 fully saturated rings. The van der Waals surface area contributed by atoms with E-state index in [9.17, 15) is 9.30 Å². The minimum absolute atomic E-state index is 0.200. The van der Waals surface area contributed by atoms with Gasteiger partial charge in [-0.2, -0.15) is 0 Å². The molecule has 1 saturated carbocycles. The van der Waals surface area contributed by atoms with Crippen molar-refractivity contribution < 1.29 is 4.39 Å². The minimum Gasteiger partial charge on any atom is -0.207 e. The molecule has 0 radical (unpaired) electrons. The highest BCUT2D eigenvalue weighted by atomic mass is 127. The third kappa shape index (κ3) is 2.03. The fourth-order valence-corrected chi connectivity index (χ4v) is 3.47. The maximum absolute atomic E-state index is 13.8. The smallest absolute Gasteiger partial charge is 0.142 e. The van der Waals surface area contributed by atoms with Crippen molar-refractivity contribution in [1.29, 1.82) is 0 Å². The Morgan fingerprint density at radius 3 is 2.75 bits per heavy atom. The lowest BCUT2D eigenvalue weighted by Gasteiger charge is -2.25. The van der Waals surface area contributed by atoms with Gasteiger partial charge in [-0.1, -0.05) is 43.7 Å². The van der Waals surface area contributed by atoms with Crippen LogP contribution in [-0.4, -0.2) is 4.43 Å². The van der Waals surface area contributed by atoms with Crippen molar-refractivity contribution in [3.8, 4) is 0 Å². The summed E-state index contributed by atoms with van der Waals surface area (Å²) >= 11 is 5.42. The molecule has 16 heavy (non-hydrogen) atoms. The summed E-state index contributed by atoms with van der Waals surface area (Å²) in [6.45, 7) is 0. The number of hydrogen-bond donors (Lipinski definition) is 0. The van der Waals surface area contributed by atoms with Crippen LogP contribution in [0, 0.1) is 16.6 Å². The number of benzene rings is 1. The van der Waals surface area contributed by atoms with E-state index in [0.717, 1.165) is 17.3 Å². The van der Waals surface area contributed by atoms with Gasteiger partial charge in [0, 0.05) is 14.5 Å². The van der Waals surface area contributed by atoms with Crippen LogP contribution in [0.25, 0.3) is 0 Å². The van der Waals surface area contributed by atoms with E-state index in [0.29, 0.717) is 9.99 Å². The molecular formula is C11H10BrFINO. The first-order valence-corrected chi connectivity index (χ1v) is 7.32. The van der Waals surface area contributed by atoms with Crippen LogP contribution in [0.3, 0.4) is 0 Å². The van der Waals surface area contributed by atoms with E-state index in [2.05, 4.69) is 43.7 Å². The molecule has 0 saturated heterocycles. The zero-order valence-corrected chi connectivity index (χ0v) is 12.2. The predicted molar refractivity (Wildman–Crippen MR) is 73.2 cm³/mol. The van der Waals surface area contributed by atoms with Crippen molar-refractivity contribution in [3.05, 3.63) is 39.0 Å². The highest BCUT2D eigenvalue weighted by Crippen LogP contribution is 2.50. The molecule has 0 amide bonds. The van der Waals surface area contributed by atoms with Crippen molar-refractivity contribution in [2.45, 2.75) is 18.4 Å². The Morgan fingerprint density at radius 2 is 2.25 bits per heavy atom. The quantitative estimate of drug-likeness (QED) is 0.420. The van der Waals surface area contributed by atoms with Crippen LogP contribution < -0.4 is 0 Å². The Labute approximate surface area is 115 Å². The van der Waals surface area contributed by atoms with Crippen LogP contribution in [0.5, 0.6) is 0 Å². The molecule has 0 heterocycles. The fraction of sp³-hybridized carbons (Fsp3) is 0.455. The van der Waals surface area contributed by atoms with E-state index in [1.54, 1.807) is 12.1 Å². The molecule has 1 atom stereocenters. The van der Waals surface area contributed by atoms with Gasteiger partial charge in [0.2, 0.25) is 0 Å². The van der Waals surface area contributed by atoms with Gasteiger partial charge in [0.05, 0.1) is 0 Å². The molecule has 1 aliphatic rings. The number of nitroso groups, excluding NO2 is 1. The third-order valence-corrected chi connectivity index (χ3v) is 4.67. The van der Waals surface area contributed by atoms with Gasteiger partial charge < -0.3 is 0 Å². The van der Waals surface area contributed by atoms with Crippen LogP contribution >= 0.6 is 38.5 Å². The standard InChI is InChI=1S/C11H10BrFINO/c12-8-3-4-10(13)9(5-8)11(6-14,15-16)7-1-2-7/h3-5,7H,1-2,6H2. The summed E-state index contributed by atoms with van der Waals surface area (Å²) in [4.78, 5) is 11.2. The molecule has 0 spiro atoms. The molecule has 5 heteroatoms. The summed E-state index contributed by atoms with van der Waals surface area (Å²) in [5.74, 6) is -0.142. The molecule has 86 valence electrons. The lowest BCUT2D eigenvalue weighted by molar-refractivity contribution is 0.418. The SMILES string of the molecule is O=NC(CI)(c1cc(Br)ccc1F)C1CC1. The zero-order valence-electron chi connectivity index (χ0n) is 8.42. The molecule has 0 bridgehead atoms. The van der Waals surface area contributed by atoms with Gasteiger partial charge in [-0.05, 0) is 37.0 Å². The number of alkyl halides is 1. The number of rotatable bonds is 4. The van der Waals surface area contributed by atoms with Crippen molar-refractivity contribution in [1.82, 2.24) is 0 Å². The normalized spacial score (nSPS) is 19.2. The van der Waals surface area contributed by atoms with E-state index in [1.165, 1.54) is 6.07 Å². The highest BCUT2D eigenvalue weighted by molar-refractivity contribution is 14.1. The average Bonchev–Trinajstić information content (AvgIpc) is 3.10. The molecule has 1 aliphatic carbocycles. The summed E-state index contributed by atoms with van der Waals surface area (Å²) < 4.78 is 15.1. The van der Waals surface area contributed by atoms with Gasteiger partial charge in [0.1, 0.15) is 11.4 Å². The summed E-state index contributed by atoms with van der Waals surface area (Å²) in [6.07, 6.45) is 1.92. The van der Waals surface area contributed by atoms with Gasteiger partial charge in [0.25, 0.3) is 0 Å². The number of nitrogens with zero attached hydrogens (tertiary/aromatic N) is 1. The Hall–Kier alpha value is -0.0400. The second kappa shape index (κ2) is 4.68. The fourth-order valence-electron chi connectivity index (χ4n) is 1.94. The average molecular weight is 398 g/mol. The lowest BCUT2D eigenvalue weighted by Crippen LogP contribution is -2.29. The Bertz CT molecular complexity index is 424. The minimum atomic E-state index is -0.881. The Morgan fingerprint density at radius 1 is 1.56 bits per heavy atom. The molecular weight excluding hydrogens is 388 g/mol. The first kappa shape index (κ1) is 12.4. The zero-order chi connectivity index (χ0) is 11.8. The van der Waals surface area contributed by atoms with Crippen molar-refractivity contribution >= 4 is 38.5 Å². The summed E-state index contributed by atoms with van der Waals surface area (Å²) in [5.41, 5.74) is -0.456. The van der Waals surface area contributed by atoms with E-state index >= 15 is 0 Å². The predicted octanol–water partition coefficient (Wildman–Crippen LogP) is 4.39. The van der Waals surface area contributed by atoms with Crippen LogP contribution in [0.2, 0.25) is 0 Å². The number of hydrogen-bond acceptors (Lipinski definition) is 2.